The molecular formula is C13H25NO2. The summed E-state index contributed by atoms with van der Waals surface area (Å²) in [6.07, 6.45) is 4.42. The maximum Gasteiger partial charge on any atom is 0.410 e. The van der Waals surface area contributed by atoms with Gasteiger partial charge in [-0.05, 0) is 33.6 Å². The van der Waals surface area contributed by atoms with E-state index in [0.717, 1.165) is 19.3 Å². The Morgan fingerprint density at radius 3 is 2.44 bits per heavy atom. The standard InChI is InChI=1S/C13H25NO2/c1-7-9-11(10-8-2)14(6)12(15)16-13(3,4)5/h7,11H,1,8-10H2,2-6H3. The number of nitrogens with zero attached hydrogens (tertiary/aromatic N) is 1. The van der Waals surface area contributed by atoms with Crippen LogP contribution >= 0.6 is 0 Å². The first-order valence-corrected chi connectivity index (χ1v) is 5.88. The molecule has 0 aliphatic heterocycles. The predicted molar refractivity (Wildman–Crippen MR) is 67.5 cm³/mol. The highest BCUT2D eigenvalue weighted by Gasteiger charge is 2.23. The van der Waals surface area contributed by atoms with Gasteiger partial charge >= 0.3 is 6.09 Å². The van der Waals surface area contributed by atoms with Crippen molar-refractivity contribution in [3.63, 3.8) is 0 Å². The van der Waals surface area contributed by atoms with E-state index < -0.39 is 5.60 Å². The summed E-state index contributed by atoms with van der Waals surface area (Å²) in [5.74, 6) is 0. The summed E-state index contributed by atoms with van der Waals surface area (Å²) < 4.78 is 5.33. The third kappa shape index (κ3) is 5.79. The van der Waals surface area contributed by atoms with Gasteiger partial charge in [0.1, 0.15) is 5.60 Å². The highest BCUT2D eigenvalue weighted by molar-refractivity contribution is 5.68. The van der Waals surface area contributed by atoms with Crippen molar-refractivity contribution in [1.29, 1.82) is 0 Å². The Labute approximate surface area is 99.5 Å². The SMILES string of the molecule is C=CCC(CCC)N(C)C(=O)OC(C)(C)C. The minimum atomic E-state index is -0.434. The predicted octanol–water partition coefficient (Wildman–Crippen LogP) is 3.60. The van der Waals surface area contributed by atoms with Gasteiger partial charge < -0.3 is 9.64 Å². The summed E-state index contributed by atoms with van der Waals surface area (Å²) in [5, 5.41) is 0. The molecule has 94 valence electrons. The van der Waals surface area contributed by atoms with E-state index in [0.29, 0.717) is 0 Å². The largest absolute Gasteiger partial charge is 0.444 e. The van der Waals surface area contributed by atoms with Gasteiger partial charge in [-0.15, -0.1) is 6.58 Å². The lowest BCUT2D eigenvalue weighted by Gasteiger charge is -2.30. The number of hydrogen-bond acceptors (Lipinski definition) is 2. The Hall–Kier alpha value is -0.990. The first kappa shape index (κ1) is 15.0. The molecule has 0 bridgehead atoms. The van der Waals surface area contributed by atoms with E-state index in [1.807, 2.05) is 26.8 Å². The van der Waals surface area contributed by atoms with Crippen molar-refractivity contribution in [2.75, 3.05) is 7.05 Å². The topological polar surface area (TPSA) is 29.5 Å². The molecule has 0 rings (SSSR count). The summed E-state index contributed by atoms with van der Waals surface area (Å²) in [7, 11) is 1.79. The van der Waals surface area contributed by atoms with Crippen LogP contribution in [0.2, 0.25) is 0 Å². The normalized spacial score (nSPS) is 13.1. The van der Waals surface area contributed by atoms with E-state index >= 15 is 0 Å². The number of amides is 1. The first-order valence-electron chi connectivity index (χ1n) is 5.88. The van der Waals surface area contributed by atoms with Crippen molar-refractivity contribution in [3.05, 3.63) is 12.7 Å². The van der Waals surface area contributed by atoms with Crippen LogP contribution in [-0.2, 0) is 4.74 Å². The minimum absolute atomic E-state index is 0.192. The molecule has 0 aromatic heterocycles. The van der Waals surface area contributed by atoms with Gasteiger partial charge in [0.05, 0.1) is 0 Å². The Bertz CT molecular complexity index is 231. The van der Waals surface area contributed by atoms with Crippen molar-refractivity contribution in [1.82, 2.24) is 4.90 Å². The fourth-order valence-electron chi connectivity index (χ4n) is 1.48. The van der Waals surface area contributed by atoms with Crippen molar-refractivity contribution >= 4 is 6.09 Å². The van der Waals surface area contributed by atoms with Crippen LogP contribution in [0.3, 0.4) is 0 Å². The molecule has 0 saturated heterocycles. The molecule has 3 heteroatoms. The molecule has 0 aromatic rings. The fourth-order valence-corrected chi connectivity index (χ4v) is 1.48. The second-order valence-corrected chi connectivity index (χ2v) is 5.06. The molecule has 0 fully saturated rings. The van der Waals surface area contributed by atoms with Crippen LogP contribution in [0.25, 0.3) is 0 Å². The zero-order chi connectivity index (χ0) is 12.8. The van der Waals surface area contributed by atoms with Crippen LogP contribution < -0.4 is 0 Å². The summed E-state index contributed by atoms with van der Waals surface area (Å²) in [5.41, 5.74) is -0.434. The first-order chi connectivity index (χ1) is 7.31. The molecule has 16 heavy (non-hydrogen) atoms. The average Bonchev–Trinajstić information content (AvgIpc) is 2.13. The third-order valence-electron chi connectivity index (χ3n) is 2.29. The highest BCUT2D eigenvalue weighted by Crippen LogP contribution is 2.15. The average molecular weight is 227 g/mol. The Morgan fingerprint density at radius 2 is 2.06 bits per heavy atom. The van der Waals surface area contributed by atoms with Gasteiger partial charge in [-0.25, -0.2) is 4.79 Å². The number of carbonyl (C=O) groups excluding carboxylic acids is 1. The molecule has 0 aliphatic rings. The quantitative estimate of drug-likeness (QED) is 0.672. The van der Waals surface area contributed by atoms with Gasteiger partial charge in [0.25, 0.3) is 0 Å². The van der Waals surface area contributed by atoms with Gasteiger partial charge in [-0.3, -0.25) is 0 Å². The van der Waals surface area contributed by atoms with Crippen LogP contribution in [0.15, 0.2) is 12.7 Å². The molecule has 1 amide bonds. The number of rotatable bonds is 5. The number of ether oxygens (including phenoxy) is 1. The smallest absolute Gasteiger partial charge is 0.410 e. The molecule has 3 nitrogen and oxygen atoms in total. The van der Waals surface area contributed by atoms with Crippen molar-refractivity contribution in [3.8, 4) is 0 Å². The lowest BCUT2D eigenvalue weighted by molar-refractivity contribution is 0.0216. The van der Waals surface area contributed by atoms with Crippen molar-refractivity contribution in [2.45, 2.75) is 58.6 Å². The lowest BCUT2D eigenvalue weighted by atomic mass is 10.1. The van der Waals surface area contributed by atoms with E-state index in [9.17, 15) is 4.79 Å². The lowest BCUT2D eigenvalue weighted by Crippen LogP contribution is -2.40. The van der Waals surface area contributed by atoms with E-state index in [1.165, 1.54) is 0 Å². The maximum absolute atomic E-state index is 11.8. The summed E-state index contributed by atoms with van der Waals surface area (Å²) in [4.78, 5) is 13.5. The molecule has 0 radical (unpaired) electrons. The number of carbonyl (C=O) groups is 1. The van der Waals surface area contributed by atoms with E-state index in [4.69, 9.17) is 4.74 Å². The Kier molecular flexibility index (Phi) is 6.16. The van der Waals surface area contributed by atoms with Gasteiger partial charge in [0.2, 0.25) is 0 Å². The molecule has 1 unspecified atom stereocenters. The monoisotopic (exact) mass is 227 g/mol. The van der Waals surface area contributed by atoms with E-state index in [2.05, 4.69) is 13.5 Å². The third-order valence-corrected chi connectivity index (χ3v) is 2.29. The van der Waals surface area contributed by atoms with Crippen LogP contribution in [0.1, 0.15) is 47.0 Å². The van der Waals surface area contributed by atoms with Crippen LogP contribution in [-0.4, -0.2) is 29.7 Å². The summed E-state index contributed by atoms with van der Waals surface area (Å²) >= 11 is 0. The molecule has 0 aromatic carbocycles. The highest BCUT2D eigenvalue weighted by atomic mass is 16.6. The van der Waals surface area contributed by atoms with Crippen molar-refractivity contribution < 1.29 is 9.53 Å². The van der Waals surface area contributed by atoms with Crippen LogP contribution in [0.4, 0.5) is 4.79 Å². The van der Waals surface area contributed by atoms with Gasteiger partial charge in [0, 0.05) is 13.1 Å². The molecule has 0 saturated carbocycles. The van der Waals surface area contributed by atoms with E-state index in [1.54, 1.807) is 11.9 Å². The second-order valence-electron chi connectivity index (χ2n) is 5.06. The van der Waals surface area contributed by atoms with Crippen molar-refractivity contribution in [2.24, 2.45) is 0 Å². The maximum atomic E-state index is 11.8. The molecule has 1 atom stereocenters. The Balaban J connectivity index is 4.41. The van der Waals surface area contributed by atoms with Crippen LogP contribution in [0.5, 0.6) is 0 Å². The number of hydrogen-bond donors (Lipinski definition) is 0. The zero-order valence-electron chi connectivity index (χ0n) is 11.2. The minimum Gasteiger partial charge on any atom is -0.444 e. The molecule has 0 N–H and O–H groups in total. The molecule has 0 spiro atoms. The molecular weight excluding hydrogens is 202 g/mol. The van der Waals surface area contributed by atoms with E-state index in [-0.39, 0.29) is 12.1 Å². The second kappa shape index (κ2) is 6.56. The molecule has 0 heterocycles. The summed E-state index contributed by atoms with van der Waals surface area (Å²) in [6.45, 7) is 11.5. The van der Waals surface area contributed by atoms with Gasteiger partial charge in [-0.2, -0.15) is 0 Å². The Morgan fingerprint density at radius 1 is 1.50 bits per heavy atom. The zero-order valence-corrected chi connectivity index (χ0v) is 11.2. The summed E-state index contributed by atoms with van der Waals surface area (Å²) in [6, 6.07) is 0.192. The molecule has 0 aliphatic carbocycles. The van der Waals surface area contributed by atoms with Crippen LogP contribution in [0, 0.1) is 0 Å². The fraction of sp³-hybridized carbons (Fsp3) is 0.769. The van der Waals surface area contributed by atoms with Gasteiger partial charge in [0.15, 0.2) is 0 Å². The van der Waals surface area contributed by atoms with Gasteiger partial charge in [-0.1, -0.05) is 19.4 Å².